The third kappa shape index (κ3) is 4.73. The molecular formula is C27H26N6O. The summed E-state index contributed by atoms with van der Waals surface area (Å²) in [5, 5.41) is 10.5. The minimum absolute atomic E-state index is 0.0479. The van der Waals surface area contributed by atoms with Gasteiger partial charge in [0.25, 0.3) is 0 Å². The Morgan fingerprint density at radius 2 is 1.85 bits per heavy atom. The second-order valence-electron chi connectivity index (χ2n) is 8.58. The van der Waals surface area contributed by atoms with Gasteiger partial charge in [-0.2, -0.15) is 0 Å². The van der Waals surface area contributed by atoms with Crippen molar-refractivity contribution >= 4 is 40.2 Å². The summed E-state index contributed by atoms with van der Waals surface area (Å²) in [5.41, 5.74) is 5.86. The number of carbonyl (C=O) groups is 1. The zero-order chi connectivity index (χ0) is 23.5. The van der Waals surface area contributed by atoms with Crippen molar-refractivity contribution in [2.75, 3.05) is 17.2 Å². The first kappa shape index (κ1) is 21.6. The molecule has 0 aliphatic carbocycles. The van der Waals surface area contributed by atoms with E-state index in [2.05, 4.69) is 39.1 Å². The summed E-state index contributed by atoms with van der Waals surface area (Å²) >= 11 is 0. The Balaban J connectivity index is 1.45. The first-order valence-electron chi connectivity index (χ1n) is 11.4. The van der Waals surface area contributed by atoms with Crippen molar-refractivity contribution in [2.45, 2.75) is 26.4 Å². The van der Waals surface area contributed by atoms with Gasteiger partial charge in [-0.05, 0) is 61.4 Å². The maximum atomic E-state index is 12.0. The largest absolute Gasteiger partial charge is 0.376 e. The highest BCUT2D eigenvalue weighted by Gasteiger charge is 2.12. The van der Waals surface area contributed by atoms with Crippen molar-refractivity contribution in [1.82, 2.24) is 15.3 Å². The fourth-order valence-electron chi connectivity index (χ4n) is 3.94. The Morgan fingerprint density at radius 3 is 2.74 bits per heavy atom. The summed E-state index contributed by atoms with van der Waals surface area (Å²) in [6, 6.07) is 22.1. The standard InChI is InChI=1S/C27H26N6O/c1-17(2)30-25(34)16-29-21-7-5-6-18(12-21)26-32-24-9-4-3-8-23(24)27(33-26)31-22-11-10-19-14-28-15-20(19)13-22/h3-13,15,17,29H,14,16H2,1-2H3,(H,30,34)(H,31,32,33). The van der Waals surface area contributed by atoms with Crippen LogP contribution in [0.25, 0.3) is 22.3 Å². The molecule has 0 saturated heterocycles. The molecule has 3 aromatic carbocycles. The Hall–Kier alpha value is -4.26. The maximum absolute atomic E-state index is 12.0. The number of carbonyl (C=O) groups excluding carboxylic acids is 1. The molecule has 1 aromatic heterocycles. The molecule has 1 aliphatic rings. The van der Waals surface area contributed by atoms with E-state index in [0.29, 0.717) is 5.82 Å². The third-order valence-electron chi connectivity index (χ3n) is 5.53. The van der Waals surface area contributed by atoms with Gasteiger partial charge in [0.05, 0.1) is 18.6 Å². The van der Waals surface area contributed by atoms with Crippen molar-refractivity contribution in [3.63, 3.8) is 0 Å². The molecule has 34 heavy (non-hydrogen) atoms. The molecule has 0 fully saturated rings. The van der Waals surface area contributed by atoms with Crippen LogP contribution >= 0.6 is 0 Å². The fraction of sp³-hybridized carbons (Fsp3) is 0.185. The van der Waals surface area contributed by atoms with Crippen molar-refractivity contribution < 1.29 is 4.79 Å². The van der Waals surface area contributed by atoms with Crippen LogP contribution in [0.1, 0.15) is 25.0 Å². The van der Waals surface area contributed by atoms with E-state index in [1.165, 1.54) is 5.56 Å². The van der Waals surface area contributed by atoms with Crippen LogP contribution in [0.5, 0.6) is 0 Å². The van der Waals surface area contributed by atoms with Crippen LogP contribution in [-0.4, -0.2) is 34.7 Å². The molecule has 7 nitrogen and oxygen atoms in total. The second-order valence-corrected chi connectivity index (χ2v) is 8.58. The number of fused-ring (bicyclic) bond motifs is 2. The number of benzene rings is 3. The highest BCUT2D eigenvalue weighted by molar-refractivity contribution is 5.93. The number of hydrogen-bond acceptors (Lipinski definition) is 6. The lowest BCUT2D eigenvalue weighted by molar-refractivity contribution is -0.119. The van der Waals surface area contributed by atoms with Crippen molar-refractivity contribution in [1.29, 1.82) is 0 Å². The molecule has 5 rings (SSSR count). The first-order valence-corrected chi connectivity index (χ1v) is 11.4. The fourth-order valence-corrected chi connectivity index (χ4v) is 3.94. The third-order valence-corrected chi connectivity index (χ3v) is 5.53. The lowest BCUT2D eigenvalue weighted by Gasteiger charge is -2.13. The first-order chi connectivity index (χ1) is 16.5. The number of aromatic nitrogens is 2. The molecule has 7 heteroatoms. The number of hydrogen-bond donors (Lipinski definition) is 3. The van der Waals surface area contributed by atoms with Gasteiger partial charge in [-0.25, -0.2) is 9.97 Å². The van der Waals surface area contributed by atoms with Gasteiger partial charge < -0.3 is 16.0 Å². The predicted octanol–water partition coefficient (Wildman–Crippen LogP) is 4.91. The Bertz CT molecular complexity index is 1400. The van der Waals surface area contributed by atoms with E-state index in [1.807, 2.05) is 68.6 Å². The normalized spacial score (nSPS) is 12.1. The van der Waals surface area contributed by atoms with Crippen LogP contribution in [0.4, 0.5) is 17.2 Å². The molecule has 0 atom stereocenters. The van der Waals surface area contributed by atoms with E-state index in [-0.39, 0.29) is 18.5 Å². The molecule has 1 amide bonds. The Labute approximate surface area is 198 Å². The van der Waals surface area contributed by atoms with Crippen LogP contribution < -0.4 is 16.0 Å². The second kappa shape index (κ2) is 9.31. The molecule has 170 valence electrons. The van der Waals surface area contributed by atoms with E-state index in [1.54, 1.807) is 0 Å². The van der Waals surface area contributed by atoms with Crippen LogP contribution in [0.2, 0.25) is 0 Å². The summed E-state index contributed by atoms with van der Waals surface area (Å²) in [5.74, 6) is 1.30. The van der Waals surface area contributed by atoms with Crippen LogP contribution in [0.15, 0.2) is 71.7 Å². The van der Waals surface area contributed by atoms with E-state index < -0.39 is 0 Å². The van der Waals surface area contributed by atoms with Gasteiger partial charge in [0.1, 0.15) is 5.82 Å². The van der Waals surface area contributed by atoms with Gasteiger partial charge in [-0.15, -0.1) is 0 Å². The smallest absolute Gasteiger partial charge is 0.239 e. The SMILES string of the molecule is CC(C)NC(=O)CNc1cccc(-c2nc(Nc3ccc4c(c3)C=NC4)c3ccccc3n2)c1. The lowest BCUT2D eigenvalue weighted by Crippen LogP contribution is -2.34. The monoisotopic (exact) mass is 450 g/mol. The average Bonchev–Trinajstić information content (AvgIpc) is 3.30. The topological polar surface area (TPSA) is 91.3 Å². The summed E-state index contributed by atoms with van der Waals surface area (Å²) in [6.07, 6.45) is 1.91. The molecule has 0 saturated carbocycles. The molecule has 1 aliphatic heterocycles. The number of nitrogens with zero attached hydrogens (tertiary/aromatic N) is 3. The van der Waals surface area contributed by atoms with Gasteiger partial charge in [-0.1, -0.05) is 30.3 Å². The molecule has 0 radical (unpaired) electrons. The zero-order valence-corrected chi connectivity index (χ0v) is 19.2. The molecular weight excluding hydrogens is 424 g/mol. The highest BCUT2D eigenvalue weighted by atomic mass is 16.1. The van der Waals surface area contributed by atoms with Gasteiger partial charge in [0, 0.05) is 34.6 Å². The highest BCUT2D eigenvalue weighted by Crippen LogP contribution is 2.29. The molecule has 0 bridgehead atoms. The predicted molar refractivity (Wildman–Crippen MR) is 138 cm³/mol. The number of aliphatic imine (C=N–C) groups is 1. The number of anilines is 3. The van der Waals surface area contributed by atoms with Gasteiger partial charge in [-0.3, -0.25) is 9.79 Å². The van der Waals surface area contributed by atoms with Gasteiger partial charge in [0.2, 0.25) is 5.91 Å². The average molecular weight is 451 g/mol. The number of rotatable bonds is 7. The number of para-hydroxylation sites is 1. The Morgan fingerprint density at radius 1 is 0.971 bits per heavy atom. The quantitative estimate of drug-likeness (QED) is 0.372. The zero-order valence-electron chi connectivity index (χ0n) is 19.2. The van der Waals surface area contributed by atoms with Crippen molar-refractivity contribution in [3.05, 3.63) is 77.9 Å². The lowest BCUT2D eigenvalue weighted by atomic mass is 10.1. The van der Waals surface area contributed by atoms with Crippen molar-refractivity contribution in [2.24, 2.45) is 4.99 Å². The molecule has 2 heterocycles. The van der Waals surface area contributed by atoms with Crippen LogP contribution in [0, 0.1) is 0 Å². The molecule has 4 aromatic rings. The van der Waals surface area contributed by atoms with Gasteiger partial charge in [0.15, 0.2) is 5.82 Å². The maximum Gasteiger partial charge on any atom is 0.239 e. The molecule has 0 spiro atoms. The van der Waals surface area contributed by atoms with E-state index >= 15 is 0 Å². The van der Waals surface area contributed by atoms with E-state index in [9.17, 15) is 4.79 Å². The number of amides is 1. The van der Waals surface area contributed by atoms with E-state index in [0.717, 1.165) is 45.8 Å². The summed E-state index contributed by atoms with van der Waals surface area (Å²) in [7, 11) is 0. The minimum Gasteiger partial charge on any atom is -0.376 e. The summed E-state index contributed by atoms with van der Waals surface area (Å²) < 4.78 is 0. The molecule has 0 unspecified atom stereocenters. The summed E-state index contributed by atoms with van der Waals surface area (Å²) in [4.78, 5) is 26.0. The van der Waals surface area contributed by atoms with E-state index in [4.69, 9.17) is 9.97 Å². The number of nitrogens with one attached hydrogen (secondary N) is 3. The summed E-state index contributed by atoms with van der Waals surface area (Å²) in [6.45, 7) is 4.82. The van der Waals surface area contributed by atoms with Crippen LogP contribution in [0.3, 0.4) is 0 Å². The van der Waals surface area contributed by atoms with Gasteiger partial charge >= 0.3 is 0 Å². The Kier molecular flexibility index (Phi) is 5.91. The minimum atomic E-state index is -0.0479. The van der Waals surface area contributed by atoms with Crippen LogP contribution in [-0.2, 0) is 11.3 Å². The molecule has 3 N–H and O–H groups in total. The van der Waals surface area contributed by atoms with Crippen molar-refractivity contribution in [3.8, 4) is 11.4 Å².